The highest BCUT2D eigenvalue weighted by Gasteiger charge is 2.47. The highest BCUT2D eigenvalue weighted by atomic mass is 32.2. The van der Waals surface area contributed by atoms with Gasteiger partial charge in [-0.3, -0.25) is 0 Å². The van der Waals surface area contributed by atoms with E-state index in [0.29, 0.717) is 16.0 Å². The molecule has 4 heteroatoms. The third-order valence-corrected chi connectivity index (χ3v) is 5.16. The lowest BCUT2D eigenvalue weighted by Crippen LogP contribution is -1.98. The van der Waals surface area contributed by atoms with Crippen LogP contribution in [0.4, 0.5) is 13.2 Å². The molecule has 0 radical (unpaired) electrons. The molecule has 2 aromatic rings. The Bertz CT molecular complexity index is 552. The summed E-state index contributed by atoms with van der Waals surface area (Å²) in [4.78, 5) is 0.543. The molecule has 0 aliphatic carbocycles. The minimum absolute atomic E-state index is 0.463. The van der Waals surface area contributed by atoms with E-state index in [9.17, 15) is 13.2 Å². The standard InChI is InChI=1S/C14H16F3S/c1-3-6-11-9-12-10(4-2)7-5-8-13(12)18(11)14(15,16)17/h5,7-9H,3-4,6H2,1-2H3/q+1. The van der Waals surface area contributed by atoms with Gasteiger partial charge in [0.1, 0.15) is 0 Å². The lowest BCUT2D eigenvalue weighted by Gasteiger charge is -1.99. The number of thiophene rings is 1. The number of benzene rings is 1. The second kappa shape index (κ2) is 4.92. The van der Waals surface area contributed by atoms with Gasteiger partial charge in [0.2, 0.25) is 0 Å². The first-order valence-corrected chi connectivity index (χ1v) is 7.35. The van der Waals surface area contributed by atoms with Crippen LogP contribution in [-0.2, 0) is 18.3 Å². The maximum absolute atomic E-state index is 13.2. The summed E-state index contributed by atoms with van der Waals surface area (Å²) < 4.78 is 40.1. The summed E-state index contributed by atoms with van der Waals surface area (Å²) in [6.45, 7) is 3.90. The molecular formula is C14H16F3S+. The molecule has 0 fully saturated rings. The molecular weight excluding hydrogens is 257 g/mol. The molecule has 1 heterocycles. The summed E-state index contributed by atoms with van der Waals surface area (Å²) in [5.74, 6) is 0. The van der Waals surface area contributed by atoms with Crippen molar-refractivity contribution in [2.75, 3.05) is 0 Å². The summed E-state index contributed by atoms with van der Waals surface area (Å²) in [7, 11) is -1.71. The van der Waals surface area contributed by atoms with Crippen LogP contribution in [0.15, 0.2) is 24.3 Å². The fraction of sp³-hybridized carbons (Fsp3) is 0.429. The van der Waals surface area contributed by atoms with Crippen molar-refractivity contribution in [2.24, 2.45) is 0 Å². The number of alkyl halides is 3. The van der Waals surface area contributed by atoms with Crippen molar-refractivity contribution in [3.63, 3.8) is 0 Å². The van der Waals surface area contributed by atoms with Gasteiger partial charge in [-0.2, -0.15) is 0 Å². The van der Waals surface area contributed by atoms with E-state index in [1.54, 1.807) is 18.2 Å². The zero-order valence-corrected chi connectivity index (χ0v) is 11.3. The predicted octanol–water partition coefficient (Wildman–Crippen LogP) is 5.58. The Morgan fingerprint density at radius 3 is 2.44 bits per heavy atom. The van der Waals surface area contributed by atoms with Gasteiger partial charge in [-0.1, -0.05) is 26.0 Å². The SMILES string of the molecule is CCCc1cc2c(CC)cccc2[s+]1C(F)(F)F. The maximum Gasteiger partial charge on any atom is 0.600 e. The highest BCUT2D eigenvalue weighted by molar-refractivity contribution is 7.38. The Kier molecular flexibility index (Phi) is 3.66. The molecule has 0 bridgehead atoms. The van der Waals surface area contributed by atoms with Gasteiger partial charge in [-0.15, -0.1) is 13.2 Å². The van der Waals surface area contributed by atoms with E-state index in [-0.39, 0.29) is 0 Å². The zero-order valence-electron chi connectivity index (χ0n) is 10.5. The van der Waals surface area contributed by atoms with Crippen molar-refractivity contribution in [3.8, 4) is 0 Å². The van der Waals surface area contributed by atoms with Gasteiger partial charge in [-0.25, -0.2) is 0 Å². The molecule has 0 nitrogen and oxygen atoms in total. The first-order valence-electron chi connectivity index (χ1n) is 6.12. The van der Waals surface area contributed by atoms with Gasteiger partial charge in [0.05, 0.1) is 10.5 Å². The molecule has 0 aliphatic rings. The Hall–Kier alpha value is -1.03. The van der Waals surface area contributed by atoms with Crippen molar-refractivity contribution in [1.82, 2.24) is 0 Å². The molecule has 98 valence electrons. The smallest absolute Gasteiger partial charge is 0.118 e. The Morgan fingerprint density at radius 1 is 1.17 bits per heavy atom. The average molecular weight is 273 g/mol. The number of aryl methyl sites for hydroxylation is 2. The number of hydrogen-bond donors (Lipinski definition) is 0. The molecule has 2 rings (SSSR count). The van der Waals surface area contributed by atoms with E-state index >= 15 is 0 Å². The minimum Gasteiger partial charge on any atom is -0.118 e. The van der Waals surface area contributed by atoms with Crippen LogP contribution >= 0.6 is 10.5 Å². The molecule has 0 spiro atoms. The molecule has 0 aliphatic heterocycles. The lowest BCUT2D eigenvalue weighted by molar-refractivity contribution is -0.0867. The van der Waals surface area contributed by atoms with Crippen molar-refractivity contribution >= 4 is 20.6 Å². The fourth-order valence-corrected chi connectivity index (χ4v) is 4.39. The zero-order chi connectivity index (χ0) is 13.3. The van der Waals surface area contributed by atoms with Crippen LogP contribution in [-0.4, -0.2) is 0 Å². The number of rotatable bonds is 3. The second-order valence-corrected chi connectivity index (χ2v) is 6.33. The summed E-state index contributed by atoms with van der Waals surface area (Å²) in [6, 6.07) is 7.06. The Balaban J connectivity index is 2.75. The Labute approximate surface area is 107 Å². The van der Waals surface area contributed by atoms with Crippen molar-refractivity contribution < 1.29 is 13.2 Å². The maximum atomic E-state index is 13.2. The molecule has 0 saturated heterocycles. The normalized spacial score (nSPS) is 13.3. The van der Waals surface area contributed by atoms with Crippen LogP contribution < -0.4 is 0 Å². The van der Waals surface area contributed by atoms with Crippen LogP contribution in [0.5, 0.6) is 0 Å². The summed E-state index contributed by atoms with van der Waals surface area (Å²) in [5.41, 5.74) is -3.14. The largest absolute Gasteiger partial charge is 0.600 e. The lowest BCUT2D eigenvalue weighted by atomic mass is 10.1. The van der Waals surface area contributed by atoms with Crippen molar-refractivity contribution in [3.05, 3.63) is 34.7 Å². The van der Waals surface area contributed by atoms with Crippen LogP contribution in [0.3, 0.4) is 0 Å². The van der Waals surface area contributed by atoms with E-state index in [1.807, 2.05) is 19.9 Å². The molecule has 1 aromatic heterocycles. The number of halogens is 3. The first kappa shape index (κ1) is 13.4. The quantitative estimate of drug-likeness (QED) is 0.640. The van der Waals surface area contributed by atoms with Crippen molar-refractivity contribution in [2.45, 2.75) is 38.6 Å². The van der Waals surface area contributed by atoms with Crippen LogP contribution in [0, 0.1) is 0 Å². The van der Waals surface area contributed by atoms with Gasteiger partial charge in [0.25, 0.3) is 0 Å². The summed E-state index contributed by atoms with van der Waals surface area (Å²) >= 11 is 0. The van der Waals surface area contributed by atoms with Gasteiger partial charge in [-0.05, 0) is 24.5 Å². The molecule has 1 unspecified atom stereocenters. The Morgan fingerprint density at radius 2 is 1.89 bits per heavy atom. The van der Waals surface area contributed by atoms with Gasteiger partial charge in [0.15, 0.2) is 9.58 Å². The van der Waals surface area contributed by atoms with Gasteiger partial charge < -0.3 is 0 Å². The summed E-state index contributed by atoms with van der Waals surface area (Å²) in [6.07, 6.45) is 2.05. The van der Waals surface area contributed by atoms with E-state index in [0.717, 1.165) is 23.8 Å². The van der Waals surface area contributed by atoms with Crippen molar-refractivity contribution in [1.29, 1.82) is 0 Å². The molecule has 0 N–H and O–H groups in total. The van der Waals surface area contributed by atoms with Crippen LogP contribution in [0.2, 0.25) is 0 Å². The highest BCUT2D eigenvalue weighted by Crippen LogP contribution is 2.51. The minimum atomic E-state index is -4.15. The van der Waals surface area contributed by atoms with Crippen LogP contribution in [0.1, 0.15) is 30.7 Å². The van der Waals surface area contributed by atoms with Gasteiger partial charge in [0, 0.05) is 17.9 Å². The predicted molar refractivity (Wildman–Crippen MR) is 71.1 cm³/mol. The van der Waals surface area contributed by atoms with E-state index < -0.39 is 16.0 Å². The fourth-order valence-electron chi connectivity index (χ4n) is 2.29. The average Bonchev–Trinajstić information content (AvgIpc) is 2.66. The van der Waals surface area contributed by atoms with E-state index in [4.69, 9.17) is 0 Å². The second-order valence-electron chi connectivity index (χ2n) is 4.30. The number of hydrogen-bond acceptors (Lipinski definition) is 0. The number of fused-ring (bicyclic) bond motifs is 1. The molecule has 0 saturated carbocycles. The third-order valence-electron chi connectivity index (χ3n) is 3.05. The van der Waals surface area contributed by atoms with E-state index in [1.165, 1.54) is 0 Å². The first-order chi connectivity index (χ1) is 8.49. The topological polar surface area (TPSA) is 0 Å². The third kappa shape index (κ3) is 2.26. The molecule has 1 aromatic carbocycles. The summed E-state index contributed by atoms with van der Waals surface area (Å²) in [5, 5.41) is 0.809. The van der Waals surface area contributed by atoms with Crippen LogP contribution in [0.25, 0.3) is 10.1 Å². The molecule has 1 atom stereocenters. The van der Waals surface area contributed by atoms with E-state index in [2.05, 4.69) is 0 Å². The molecule has 0 amide bonds. The van der Waals surface area contributed by atoms with Gasteiger partial charge >= 0.3 is 5.51 Å². The monoisotopic (exact) mass is 273 g/mol. The molecule has 18 heavy (non-hydrogen) atoms.